The number of hydrogen-bond donors (Lipinski definition) is 2. The third-order valence-electron chi connectivity index (χ3n) is 5.14. The Morgan fingerprint density at radius 3 is 2.96 bits per heavy atom. The highest BCUT2D eigenvalue weighted by molar-refractivity contribution is 7.08. The predicted molar refractivity (Wildman–Crippen MR) is 105 cm³/mol. The lowest BCUT2D eigenvalue weighted by Gasteiger charge is -2.17. The van der Waals surface area contributed by atoms with E-state index in [1.807, 2.05) is 6.07 Å². The topological polar surface area (TPSA) is 79.4 Å². The third kappa shape index (κ3) is 2.56. The van der Waals surface area contributed by atoms with Gasteiger partial charge in [0.25, 0.3) is 0 Å². The molecule has 1 atom stereocenters. The minimum atomic E-state index is -0.206. The molecule has 0 bridgehead atoms. The average molecular weight is 365 g/mol. The molecule has 4 heterocycles. The van der Waals surface area contributed by atoms with Gasteiger partial charge in [0.05, 0.1) is 5.52 Å². The maximum absolute atomic E-state index is 12.3. The van der Waals surface area contributed by atoms with Crippen LogP contribution >= 0.6 is 11.3 Å². The first-order valence-electron chi connectivity index (χ1n) is 8.72. The molecule has 26 heavy (non-hydrogen) atoms. The van der Waals surface area contributed by atoms with Crippen LogP contribution < -0.4 is 11.4 Å². The van der Waals surface area contributed by atoms with Crippen molar-refractivity contribution in [2.75, 3.05) is 13.1 Å². The zero-order chi connectivity index (χ0) is 17.7. The van der Waals surface area contributed by atoms with Crippen molar-refractivity contribution in [3.8, 4) is 11.1 Å². The van der Waals surface area contributed by atoms with Crippen LogP contribution in [0.25, 0.3) is 27.7 Å². The van der Waals surface area contributed by atoms with E-state index in [9.17, 15) is 4.79 Å². The summed E-state index contributed by atoms with van der Waals surface area (Å²) in [6.07, 6.45) is 1.03. The maximum Gasteiger partial charge on any atom is 0.348 e. The summed E-state index contributed by atoms with van der Waals surface area (Å²) in [6.45, 7) is 2.74. The van der Waals surface area contributed by atoms with Gasteiger partial charge in [-0.3, -0.25) is 4.90 Å². The lowest BCUT2D eigenvalue weighted by molar-refractivity contribution is 0.328. The molecule has 1 aromatic carbocycles. The number of fused-ring (bicyclic) bond motifs is 3. The van der Waals surface area contributed by atoms with Gasteiger partial charge in [0, 0.05) is 31.1 Å². The van der Waals surface area contributed by atoms with Gasteiger partial charge in [-0.2, -0.15) is 16.4 Å². The van der Waals surface area contributed by atoms with Gasteiger partial charge in [0.15, 0.2) is 5.65 Å². The molecule has 1 aliphatic heterocycles. The van der Waals surface area contributed by atoms with Gasteiger partial charge in [-0.25, -0.2) is 14.3 Å². The minimum Gasteiger partial charge on any atom is -0.326 e. The Morgan fingerprint density at radius 2 is 2.19 bits per heavy atom. The molecule has 7 heteroatoms. The van der Waals surface area contributed by atoms with Crippen LogP contribution in [0.2, 0.25) is 0 Å². The predicted octanol–water partition coefficient (Wildman–Crippen LogP) is 2.44. The summed E-state index contributed by atoms with van der Waals surface area (Å²) < 4.78 is 1.66. The number of nitrogens with zero attached hydrogens (tertiary/aromatic N) is 3. The number of benzene rings is 1. The molecule has 3 aromatic heterocycles. The first-order valence-corrected chi connectivity index (χ1v) is 9.66. The summed E-state index contributed by atoms with van der Waals surface area (Å²) in [6, 6.07) is 10.7. The van der Waals surface area contributed by atoms with Crippen molar-refractivity contribution in [2.45, 2.75) is 19.0 Å². The number of pyridine rings is 1. The Balaban J connectivity index is 1.71. The first-order chi connectivity index (χ1) is 12.7. The van der Waals surface area contributed by atoms with Crippen LogP contribution in [0.5, 0.6) is 0 Å². The molecular formula is C19H19N5OS. The van der Waals surface area contributed by atoms with E-state index in [1.165, 1.54) is 5.56 Å². The minimum absolute atomic E-state index is 0.206. The summed E-state index contributed by atoms with van der Waals surface area (Å²) in [4.78, 5) is 14.7. The number of H-pyrrole nitrogens is 1. The van der Waals surface area contributed by atoms with E-state index in [4.69, 9.17) is 5.73 Å². The van der Waals surface area contributed by atoms with Gasteiger partial charge in [0.2, 0.25) is 0 Å². The second-order valence-electron chi connectivity index (χ2n) is 6.92. The molecule has 0 radical (unpaired) electrons. The molecule has 1 aliphatic rings. The van der Waals surface area contributed by atoms with Crippen molar-refractivity contribution in [1.82, 2.24) is 19.5 Å². The summed E-state index contributed by atoms with van der Waals surface area (Å²) >= 11 is 1.67. The molecule has 0 aliphatic carbocycles. The molecule has 3 N–H and O–H groups in total. The Kier molecular flexibility index (Phi) is 3.66. The van der Waals surface area contributed by atoms with Crippen LogP contribution in [0, 0.1) is 0 Å². The Bertz CT molecular complexity index is 1140. The summed E-state index contributed by atoms with van der Waals surface area (Å²) in [7, 11) is 0. The second-order valence-corrected chi connectivity index (χ2v) is 7.70. The maximum atomic E-state index is 12.3. The zero-order valence-corrected chi connectivity index (χ0v) is 15.0. The molecule has 0 saturated carbocycles. The highest BCUT2D eigenvalue weighted by Crippen LogP contribution is 2.29. The molecule has 0 unspecified atom stereocenters. The van der Waals surface area contributed by atoms with Gasteiger partial charge < -0.3 is 5.73 Å². The normalized spacial score (nSPS) is 18.3. The van der Waals surface area contributed by atoms with E-state index >= 15 is 0 Å². The lowest BCUT2D eigenvalue weighted by Crippen LogP contribution is -2.26. The molecule has 6 nitrogen and oxygen atoms in total. The fourth-order valence-corrected chi connectivity index (χ4v) is 4.51. The fourth-order valence-electron chi connectivity index (χ4n) is 3.85. The monoisotopic (exact) mass is 365 g/mol. The van der Waals surface area contributed by atoms with Gasteiger partial charge in [0.1, 0.15) is 0 Å². The summed E-state index contributed by atoms with van der Waals surface area (Å²) in [5.41, 5.74) is 10.8. The van der Waals surface area contributed by atoms with Crippen LogP contribution in [0.4, 0.5) is 0 Å². The number of rotatable bonds is 3. The quantitative estimate of drug-likeness (QED) is 0.584. The third-order valence-corrected chi connectivity index (χ3v) is 5.83. The van der Waals surface area contributed by atoms with Gasteiger partial charge in [-0.1, -0.05) is 12.1 Å². The molecule has 0 spiro atoms. The van der Waals surface area contributed by atoms with Crippen LogP contribution in [0.1, 0.15) is 12.0 Å². The van der Waals surface area contributed by atoms with Crippen molar-refractivity contribution >= 4 is 27.9 Å². The SMILES string of the molecule is N[C@@H]1CCN(Cc2cc3n[nH]c(=O)n3c3cc(-c4ccsc4)ccc23)C1. The molecule has 5 rings (SSSR count). The van der Waals surface area contributed by atoms with Crippen molar-refractivity contribution in [2.24, 2.45) is 5.73 Å². The number of nitrogens with two attached hydrogens (primary N) is 1. The second kappa shape index (κ2) is 6.05. The Hall–Kier alpha value is -2.48. The van der Waals surface area contributed by atoms with Crippen LogP contribution in [-0.4, -0.2) is 38.6 Å². The molecule has 1 saturated heterocycles. The number of hydrogen-bond acceptors (Lipinski definition) is 5. The number of likely N-dealkylation sites (tertiary alicyclic amines) is 1. The van der Waals surface area contributed by atoms with Crippen molar-refractivity contribution in [1.29, 1.82) is 0 Å². The van der Waals surface area contributed by atoms with E-state index in [2.05, 4.69) is 50.1 Å². The van der Waals surface area contributed by atoms with Gasteiger partial charge >= 0.3 is 5.69 Å². The fraction of sp³-hybridized carbons (Fsp3) is 0.263. The largest absolute Gasteiger partial charge is 0.348 e. The molecular weight excluding hydrogens is 346 g/mol. The number of nitrogens with one attached hydrogen (secondary N) is 1. The summed E-state index contributed by atoms with van der Waals surface area (Å²) in [5.74, 6) is 0. The van der Waals surface area contributed by atoms with Gasteiger partial charge in [-0.05, 0) is 52.1 Å². The zero-order valence-electron chi connectivity index (χ0n) is 14.2. The van der Waals surface area contributed by atoms with E-state index in [1.54, 1.807) is 15.7 Å². The highest BCUT2D eigenvalue weighted by Gasteiger charge is 2.21. The highest BCUT2D eigenvalue weighted by atomic mass is 32.1. The van der Waals surface area contributed by atoms with Gasteiger partial charge in [-0.15, -0.1) is 0 Å². The smallest absolute Gasteiger partial charge is 0.326 e. The van der Waals surface area contributed by atoms with E-state index in [0.29, 0.717) is 5.65 Å². The van der Waals surface area contributed by atoms with Crippen molar-refractivity contribution in [3.63, 3.8) is 0 Å². The van der Waals surface area contributed by atoms with Crippen molar-refractivity contribution < 1.29 is 0 Å². The summed E-state index contributed by atoms with van der Waals surface area (Å²) in [5, 5.41) is 12.0. The standard InChI is InChI=1S/C19H19N5OS/c20-15-3-5-23(10-15)9-14-8-18-21-22-19(25)24(18)17-7-12(1-2-16(14)17)13-4-6-26-11-13/h1-2,4,6-8,11,15H,3,5,9-10,20H2,(H,22,25)/t15-/m1/s1. The van der Waals surface area contributed by atoms with Crippen molar-refractivity contribution in [3.05, 3.63) is 57.1 Å². The van der Waals surface area contributed by atoms with Crippen LogP contribution in [-0.2, 0) is 6.54 Å². The van der Waals surface area contributed by atoms with E-state index < -0.39 is 0 Å². The number of thiophene rings is 1. The number of aromatic amines is 1. The Morgan fingerprint density at radius 1 is 1.27 bits per heavy atom. The Labute approximate surface area is 153 Å². The molecule has 0 amide bonds. The number of aromatic nitrogens is 3. The van der Waals surface area contributed by atoms with E-state index in [-0.39, 0.29) is 11.7 Å². The molecule has 1 fully saturated rings. The molecule has 132 valence electrons. The molecule has 4 aromatic rings. The lowest BCUT2D eigenvalue weighted by atomic mass is 10.0. The van der Waals surface area contributed by atoms with E-state index in [0.717, 1.165) is 48.1 Å². The van der Waals surface area contributed by atoms with Crippen LogP contribution in [0.15, 0.2) is 45.9 Å². The van der Waals surface area contributed by atoms with Crippen LogP contribution in [0.3, 0.4) is 0 Å². The average Bonchev–Trinajstić information content (AvgIpc) is 3.37. The first kappa shape index (κ1) is 15.7.